The molecule has 3 rings (SSSR count). The molecule has 0 atom stereocenters. The molecule has 0 saturated carbocycles. The molecular formula is C18H12Cl4N4O2S3. The number of thioether (sulfide) groups is 2. The second-order valence-electron chi connectivity index (χ2n) is 5.82. The number of halogens is 4. The van der Waals surface area contributed by atoms with E-state index in [1.807, 2.05) is 0 Å². The van der Waals surface area contributed by atoms with E-state index in [-0.39, 0.29) is 23.3 Å². The summed E-state index contributed by atoms with van der Waals surface area (Å²) in [4.78, 5) is 24.2. The first-order valence-electron chi connectivity index (χ1n) is 8.38. The largest absolute Gasteiger partial charge is 0.325 e. The monoisotopic (exact) mass is 552 g/mol. The molecule has 0 spiro atoms. The van der Waals surface area contributed by atoms with E-state index in [1.165, 1.54) is 34.9 Å². The van der Waals surface area contributed by atoms with Crippen LogP contribution in [0.3, 0.4) is 0 Å². The van der Waals surface area contributed by atoms with E-state index in [0.717, 1.165) is 0 Å². The molecule has 2 aromatic carbocycles. The number of amides is 2. The van der Waals surface area contributed by atoms with Gasteiger partial charge in [-0.3, -0.25) is 9.59 Å². The predicted molar refractivity (Wildman–Crippen MR) is 132 cm³/mol. The zero-order chi connectivity index (χ0) is 22.4. The molecule has 13 heteroatoms. The number of anilines is 2. The van der Waals surface area contributed by atoms with Gasteiger partial charge in [-0.25, -0.2) is 0 Å². The molecule has 2 amide bonds. The number of nitrogens with zero attached hydrogens (tertiary/aromatic N) is 2. The van der Waals surface area contributed by atoms with Crippen LogP contribution < -0.4 is 10.6 Å². The van der Waals surface area contributed by atoms with Crippen molar-refractivity contribution in [3.63, 3.8) is 0 Å². The summed E-state index contributed by atoms with van der Waals surface area (Å²) in [5.41, 5.74) is 1.03. The van der Waals surface area contributed by atoms with Crippen LogP contribution in [0.2, 0.25) is 20.1 Å². The quantitative estimate of drug-likeness (QED) is 0.305. The first-order chi connectivity index (χ1) is 14.8. The summed E-state index contributed by atoms with van der Waals surface area (Å²) in [6, 6.07) is 9.60. The van der Waals surface area contributed by atoms with Crippen LogP contribution in [0.25, 0.3) is 0 Å². The predicted octanol–water partition coefficient (Wildman–Crippen LogP) is 6.61. The number of hydrogen-bond acceptors (Lipinski definition) is 7. The van der Waals surface area contributed by atoms with Crippen LogP contribution in [0.1, 0.15) is 0 Å². The van der Waals surface area contributed by atoms with Crippen LogP contribution in [-0.2, 0) is 9.59 Å². The fraction of sp³-hybridized carbons (Fsp3) is 0.111. The van der Waals surface area contributed by atoms with E-state index >= 15 is 0 Å². The molecule has 2 N–H and O–H groups in total. The molecule has 162 valence electrons. The molecule has 0 aliphatic rings. The van der Waals surface area contributed by atoms with Gasteiger partial charge in [-0.15, -0.1) is 10.2 Å². The van der Waals surface area contributed by atoms with E-state index in [2.05, 4.69) is 20.8 Å². The zero-order valence-electron chi connectivity index (χ0n) is 15.3. The van der Waals surface area contributed by atoms with Crippen molar-refractivity contribution in [2.75, 3.05) is 22.1 Å². The zero-order valence-corrected chi connectivity index (χ0v) is 20.8. The van der Waals surface area contributed by atoms with Gasteiger partial charge in [-0.2, -0.15) is 0 Å². The van der Waals surface area contributed by atoms with Crippen LogP contribution in [0.5, 0.6) is 0 Å². The maximum absolute atomic E-state index is 12.1. The molecule has 0 bridgehead atoms. The highest BCUT2D eigenvalue weighted by Gasteiger charge is 2.12. The SMILES string of the molecule is O=C(CSc1nnc(SCC(=O)Nc2cc(Cl)cc(Cl)c2)s1)Nc1cc(Cl)cc(Cl)c1. The highest BCUT2D eigenvalue weighted by atomic mass is 35.5. The Morgan fingerprint density at radius 2 is 1.06 bits per heavy atom. The third kappa shape index (κ3) is 8.34. The first-order valence-corrected chi connectivity index (χ1v) is 12.7. The summed E-state index contributed by atoms with van der Waals surface area (Å²) in [6.07, 6.45) is 0. The highest BCUT2D eigenvalue weighted by molar-refractivity contribution is 8.03. The number of carbonyl (C=O) groups excluding carboxylic acids is 2. The second-order valence-corrected chi connectivity index (χ2v) is 11.0. The number of carbonyl (C=O) groups is 2. The summed E-state index contributed by atoms with van der Waals surface area (Å²) < 4.78 is 1.23. The Labute approximate surface area is 210 Å². The smallest absolute Gasteiger partial charge is 0.234 e. The standard InChI is InChI=1S/C18H12Cl4N4O2S3/c19-9-1-10(20)4-13(3-9)23-15(27)7-29-17-25-26-18(31-17)30-8-16(28)24-14-5-11(21)2-12(22)6-14/h1-6H,7-8H2,(H,23,27)(H,24,28). The van der Waals surface area contributed by atoms with Gasteiger partial charge in [0, 0.05) is 31.5 Å². The average Bonchev–Trinajstić information content (AvgIpc) is 3.11. The number of hydrogen-bond donors (Lipinski definition) is 2. The second kappa shape index (κ2) is 11.6. The van der Waals surface area contributed by atoms with Gasteiger partial charge in [0.05, 0.1) is 11.5 Å². The Balaban J connectivity index is 1.44. The summed E-state index contributed by atoms with van der Waals surface area (Å²) in [5.74, 6) is -0.182. The highest BCUT2D eigenvalue weighted by Crippen LogP contribution is 2.29. The minimum Gasteiger partial charge on any atom is -0.325 e. The molecule has 1 aromatic heterocycles. The van der Waals surface area contributed by atoms with Crippen LogP contribution in [0.15, 0.2) is 45.1 Å². The fourth-order valence-corrected chi connectivity index (χ4v) is 5.89. The van der Waals surface area contributed by atoms with Gasteiger partial charge in [0.2, 0.25) is 11.8 Å². The Kier molecular flexibility index (Phi) is 9.15. The van der Waals surface area contributed by atoms with Crippen LogP contribution >= 0.6 is 81.3 Å². The average molecular weight is 554 g/mol. The molecule has 0 aliphatic carbocycles. The normalized spacial score (nSPS) is 10.7. The molecule has 3 aromatic rings. The lowest BCUT2D eigenvalue weighted by Crippen LogP contribution is -2.13. The van der Waals surface area contributed by atoms with Crippen molar-refractivity contribution in [2.24, 2.45) is 0 Å². The van der Waals surface area contributed by atoms with Crippen molar-refractivity contribution in [2.45, 2.75) is 8.68 Å². The first kappa shape index (κ1) is 24.4. The van der Waals surface area contributed by atoms with Gasteiger partial charge in [-0.05, 0) is 36.4 Å². The Hall–Kier alpha value is -1.20. The van der Waals surface area contributed by atoms with E-state index in [1.54, 1.807) is 36.4 Å². The third-order valence-corrected chi connectivity index (χ3v) is 7.40. The Morgan fingerprint density at radius 3 is 1.42 bits per heavy atom. The molecule has 0 saturated heterocycles. The van der Waals surface area contributed by atoms with E-state index in [0.29, 0.717) is 40.1 Å². The number of aromatic nitrogens is 2. The van der Waals surface area contributed by atoms with Crippen LogP contribution in [-0.4, -0.2) is 33.5 Å². The Bertz CT molecular complexity index is 989. The van der Waals surface area contributed by atoms with E-state index in [4.69, 9.17) is 46.4 Å². The molecule has 31 heavy (non-hydrogen) atoms. The number of nitrogens with one attached hydrogen (secondary N) is 2. The minimum atomic E-state index is -0.229. The summed E-state index contributed by atoms with van der Waals surface area (Å²) >= 11 is 27.5. The molecule has 0 aliphatic heterocycles. The van der Waals surface area contributed by atoms with Crippen molar-refractivity contribution in [3.05, 3.63) is 56.5 Å². The molecule has 0 unspecified atom stereocenters. The summed E-state index contributed by atoms with van der Waals surface area (Å²) in [6.45, 7) is 0. The van der Waals surface area contributed by atoms with E-state index in [9.17, 15) is 9.59 Å². The van der Waals surface area contributed by atoms with Crippen molar-refractivity contribution in [1.29, 1.82) is 0 Å². The number of rotatable bonds is 8. The van der Waals surface area contributed by atoms with Crippen LogP contribution in [0, 0.1) is 0 Å². The lowest BCUT2D eigenvalue weighted by molar-refractivity contribution is -0.114. The maximum Gasteiger partial charge on any atom is 0.234 e. The molecular weight excluding hydrogens is 542 g/mol. The van der Waals surface area contributed by atoms with Crippen LogP contribution in [0.4, 0.5) is 11.4 Å². The van der Waals surface area contributed by atoms with Crippen molar-refractivity contribution < 1.29 is 9.59 Å². The lowest BCUT2D eigenvalue weighted by atomic mass is 10.3. The molecule has 0 fully saturated rings. The molecule has 0 radical (unpaired) electrons. The van der Waals surface area contributed by atoms with Gasteiger partial charge in [0.25, 0.3) is 0 Å². The number of benzene rings is 2. The maximum atomic E-state index is 12.1. The molecule has 6 nitrogen and oxygen atoms in total. The molecule has 1 heterocycles. The fourth-order valence-electron chi connectivity index (χ4n) is 2.21. The van der Waals surface area contributed by atoms with Gasteiger partial charge in [0.15, 0.2) is 8.68 Å². The topological polar surface area (TPSA) is 84.0 Å². The van der Waals surface area contributed by atoms with Gasteiger partial charge >= 0.3 is 0 Å². The third-order valence-electron chi connectivity index (χ3n) is 3.33. The Morgan fingerprint density at radius 1 is 0.710 bits per heavy atom. The van der Waals surface area contributed by atoms with Crippen molar-refractivity contribution in [1.82, 2.24) is 10.2 Å². The van der Waals surface area contributed by atoms with Gasteiger partial charge in [0.1, 0.15) is 0 Å². The summed E-state index contributed by atoms with van der Waals surface area (Å²) in [5, 5.41) is 15.2. The van der Waals surface area contributed by atoms with Crippen molar-refractivity contribution in [3.8, 4) is 0 Å². The lowest BCUT2D eigenvalue weighted by Gasteiger charge is -2.05. The minimum absolute atomic E-state index is 0.138. The summed E-state index contributed by atoms with van der Waals surface area (Å²) in [7, 11) is 0. The van der Waals surface area contributed by atoms with E-state index < -0.39 is 0 Å². The van der Waals surface area contributed by atoms with Crippen molar-refractivity contribution >= 4 is 104 Å². The van der Waals surface area contributed by atoms with Gasteiger partial charge in [-0.1, -0.05) is 81.3 Å². The van der Waals surface area contributed by atoms with Gasteiger partial charge < -0.3 is 10.6 Å².